The van der Waals surface area contributed by atoms with Gasteiger partial charge in [-0.2, -0.15) is 0 Å². The minimum absolute atomic E-state index is 0.0962. The highest BCUT2D eigenvalue weighted by Crippen LogP contribution is 2.40. The van der Waals surface area contributed by atoms with Gasteiger partial charge in [0.05, 0.1) is 14.5 Å². The number of halogens is 2. The smallest absolute Gasteiger partial charge is 0.271 e. The Labute approximate surface area is 139 Å². The van der Waals surface area contributed by atoms with E-state index in [0.29, 0.717) is 11.5 Å². The Morgan fingerprint density at radius 2 is 1.95 bits per heavy atom. The Hall–Kier alpha value is -0.960. The molecule has 0 saturated heterocycles. The van der Waals surface area contributed by atoms with Crippen LogP contribution in [0.3, 0.4) is 0 Å². The van der Waals surface area contributed by atoms with E-state index in [1.807, 2.05) is 6.92 Å². The van der Waals surface area contributed by atoms with Gasteiger partial charge in [-0.15, -0.1) is 11.3 Å². The number of ether oxygens (including phenoxy) is 2. The second-order valence-electron chi connectivity index (χ2n) is 4.31. The molecule has 1 aromatic carbocycles. The standard InChI is InChI=1S/C12H9BrClNO4S2/c1-6-2-11(20-12(6)13)21(16,17)15-8-4-10-9(3-7(8)14)18-5-19-10/h2-4,15H,5H2,1H3. The zero-order valence-corrected chi connectivity index (χ0v) is 14.6. The number of rotatable bonds is 3. The van der Waals surface area contributed by atoms with Crippen LogP contribution in [-0.2, 0) is 10.0 Å². The van der Waals surface area contributed by atoms with Gasteiger partial charge in [0.25, 0.3) is 10.0 Å². The Kier molecular flexibility index (Phi) is 3.81. The summed E-state index contributed by atoms with van der Waals surface area (Å²) in [6.07, 6.45) is 0. The molecule has 3 rings (SSSR count). The molecule has 1 aliphatic rings. The van der Waals surface area contributed by atoms with Gasteiger partial charge in [0.1, 0.15) is 4.21 Å². The summed E-state index contributed by atoms with van der Waals surface area (Å²) in [4.78, 5) is 0. The van der Waals surface area contributed by atoms with Gasteiger partial charge in [-0.1, -0.05) is 11.6 Å². The molecular weight excluding hydrogens is 402 g/mol. The van der Waals surface area contributed by atoms with Crippen molar-refractivity contribution in [2.75, 3.05) is 11.5 Å². The second kappa shape index (κ2) is 5.35. The van der Waals surface area contributed by atoms with Gasteiger partial charge in [0, 0.05) is 12.1 Å². The summed E-state index contributed by atoms with van der Waals surface area (Å²) in [5, 5.41) is 0.246. The molecule has 0 spiro atoms. The first-order valence-electron chi connectivity index (χ1n) is 5.75. The van der Waals surface area contributed by atoms with Crippen molar-refractivity contribution in [1.29, 1.82) is 0 Å². The lowest BCUT2D eigenvalue weighted by atomic mass is 10.3. The molecule has 1 aromatic heterocycles. The van der Waals surface area contributed by atoms with Crippen molar-refractivity contribution in [3.63, 3.8) is 0 Å². The van der Waals surface area contributed by atoms with Crippen LogP contribution in [0.25, 0.3) is 0 Å². The zero-order chi connectivity index (χ0) is 15.2. The van der Waals surface area contributed by atoms with Gasteiger partial charge in [-0.3, -0.25) is 4.72 Å². The fourth-order valence-electron chi connectivity index (χ4n) is 1.75. The molecule has 0 saturated carbocycles. The Balaban J connectivity index is 1.96. The van der Waals surface area contributed by atoms with Gasteiger partial charge in [-0.25, -0.2) is 8.42 Å². The van der Waals surface area contributed by atoms with Gasteiger partial charge in [0.2, 0.25) is 6.79 Å². The molecule has 1 N–H and O–H groups in total. The van der Waals surface area contributed by atoms with E-state index in [1.54, 1.807) is 6.07 Å². The molecule has 112 valence electrons. The van der Waals surface area contributed by atoms with Crippen LogP contribution in [0.1, 0.15) is 5.56 Å². The SMILES string of the molecule is Cc1cc(S(=O)(=O)Nc2cc3c(cc2Cl)OCO3)sc1Br. The Bertz CT molecular complexity index is 799. The monoisotopic (exact) mass is 409 g/mol. The van der Waals surface area contributed by atoms with Crippen LogP contribution in [0.2, 0.25) is 5.02 Å². The first kappa shape index (κ1) is 15.0. The fraction of sp³-hybridized carbons (Fsp3) is 0.167. The van der Waals surface area contributed by atoms with Crippen LogP contribution in [0.5, 0.6) is 11.5 Å². The molecule has 0 aliphatic carbocycles. The van der Waals surface area contributed by atoms with E-state index >= 15 is 0 Å². The molecule has 0 amide bonds. The normalized spacial score (nSPS) is 13.5. The van der Waals surface area contributed by atoms with E-state index in [1.165, 1.54) is 12.1 Å². The lowest BCUT2D eigenvalue weighted by Crippen LogP contribution is -2.11. The molecule has 0 atom stereocenters. The maximum Gasteiger partial charge on any atom is 0.271 e. The van der Waals surface area contributed by atoms with Crippen molar-refractivity contribution in [3.8, 4) is 11.5 Å². The van der Waals surface area contributed by atoms with Crippen LogP contribution >= 0.6 is 38.9 Å². The number of thiophene rings is 1. The average Bonchev–Trinajstić information content (AvgIpc) is 2.97. The molecule has 0 bridgehead atoms. The Morgan fingerprint density at radius 1 is 1.29 bits per heavy atom. The molecule has 0 unspecified atom stereocenters. The average molecular weight is 411 g/mol. The number of fused-ring (bicyclic) bond motifs is 1. The largest absolute Gasteiger partial charge is 0.454 e. The van der Waals surface area contributed by atoms with Crippen molar-refractivity contribution in [2.24, 2.45) is 0 Å². The van der Waals surface area contributed by atoms with Crippen molar-refractivity contribution in [2.45, 2.75) is 11.1 Å². The summed E-state index contributed by atoms with van der Waals surface area (Å²) >= 11 is 10.5. The number of hydrogen-bond donors (Lipinski definition) is 1. The van der Waals surface area contributed by atoms with Gasteiger partial charge in [-0.05, 0) is 34.5 Å². The summed E-state index contributed by atoms with van der Waals surface area (Å²) in [5.74, 6) is 0.957. The maximum absolute atomic E-state index is 12.4. The number of sulfonamides is 1. The van der Waals surface area contributed by atoms with Crippen LogP contribution in [0, 0.1) is 6.92 Å². The fourth-order valence-corrected chi connectivity index (χ4v) is 5.31. The molecule has 21 heavy (non-hydrogen) atoms. The number of nitrogens with one attached hydrogen (secondary N) is 1. The molecule has 2 aromatic rings. The lowest BCUT2D eigenvalue weighted by Gasteiger charge is -2.09. The number of aryl methyl sites for hydroxylation is 1. The number of anilines is 1. The predicted octanol–water partition coefficient (Wildman–Crippen LogP) is 4.00. The van der Waals surface area contributed by atoms with Crippen LogP contribution in [0.4, 0.5) is 5.69 Å². The Morgan fingerprint density at radius 3 is 2.57 bits per heavy atom. The molecule has 2 heterocycles. The van der Waals surface area contributed by atoms with E-state index in [4.69, 9.17) is 21.1 Å². The highest BCUT2D eigenvalue weighted by Gasteiger charge is 2.22. The molecule has 0 fully saturated rings. The van der Waals surface area contributed by atoms with E-state index in [9.17, 15) is 8.42 Å². The van der Waals surface area contributed by atoms with E-state index < -0.39 is 10.0 Å². The third-order valence-corrected chi connectivity index (χ3v) is 7.09. The third-order valence-electron chi connectivity index (χ3n) is 2.81. The van der Waals surface area contributed by atoms with Crippen molar-refractivity contribution in [1.82, 2.24) is 0 Å². The van der Waals surface area contributed by atoms with E-state index in [0.717, 1.165) is 20.7 Å². The summed E-state index contributed by atoms with van der Waals surface area (Å²) in [5.41, 5.74) is 1.11. The first-order valence-corrected chi connectivity index (χ1v) is 9.22. The topological polar surface area (TPSA) is 64.6 Å². The van der Waals surface area contributed by atoms with Gasteiger partial charge >= 0.3 is 0 Å². The number of benzene rings is 1. The molecule has 9 heteroatoms. The van der Waals surface area contributed by atoms with Crippen LogP contribution < -0.4 is 14.2 Å². The molecule has 5 nitrogen and oxygen atoms in total. The summed E-state index contributed by atoms with van der Waals surface area (Å²) < 4.78 is 38.6. The molecular formula is C12H9BrClNO4S2. The maximum atomic E-state index is 12.4. The quantitative estimate of drug-likeness (QED) is 0.830. The summed E-state index contributed by atoms with van der Waals surface area (Å²) in [6.45, 7) is 1.92. The van der Waals surface area contributed by atoms with Gasteiger partial charge < -0.3 is 9.47 Å². The first-order chi connectivity index (χ1) is 9.87. The van der Waals surface area contributed by atoms with Gasteiger partial charge in [0.15, 0.2) is 11.5 Å². The molecule has 1 aliphatic heterocycles. The number of hydrogen-bond acceptors (Lipinski definition) is 5. The van der Waals surface area contributed by atoms with Crippen molar-refractivity contribution in [3.05, 3.63) is 32.6 Å². The highest BCUT2D eigenvalue weighted by molar-refractivity contribution is 9.11. The minimum atomic E-state index is -3.70. The highest BCUT2D eigenvalue weighted by atomic mass is 79.9. The van der Waals surface area contributed by atoms with Crippen molar-refractivity contribution < 1.29 is 17.9 Å². The summed E-state index contributed by atoms with van der Waals surface area (Å²) in [7, 11) is -3.70. The lowest BCUT2D eigenvalue weighted by molar-refractivity contribution is 0.174. The van der Waals surface area contributed by atoms with E-state index in [2.05, 4.69) is 20.7 Å². The minimum Gasteiger partial charge on any atom is -0.454 e. The van der Waals surface area contributed by atoms with Crippen molar-refractivity contribution >= 4 is 54.6 Å². The third kappa shape index (κ3) is 2.85. The van der Waals surface area contributed by atoms with E-state index in [-0.39, 0.29) is 21.7 Å². The predicted molar refractivity (Wildman–Crippen MR) is 85.1 cm³/mol. The summed E-state index contributed by atoms with van der Waals surface area (Å²) in [6, 6.07) is 4.63. The van der Waals surface area contributed by atoms with Crippen LogP contribution in [0.15, 0.2) is 26.2 Å². The second-order valence-corrected chi connectivity index (χ2v) is 9.00. The van der Waals surface area contributed by atoms with Crippen LogP contribution in [-0.4, -0.2) is 15.2 Å². The zero-order valence-electron chi connectivity index (χ0n) is 10.6. The molecule has 0 radical (unpaired) electrons.